The third kappa shape index (κ3) is 2.06. The summed E-state index contributed by atoms with van der Waals surface area (Å²) in [5, 5.41) is 0. The molecule has 56 valence electrons. The third-order valence-electron chi connectivity index (χ3n) is 1.37. The van der Waals surface area contributed by atoms with Crippen LogP contribution in [0.25, 0.3) is 0 Å². The van der Waals surface area contributed by atoms with Gasteiger partial charge in [-0.3, -0.25) is 0 Å². The fourth-order valence-electron chi connectivity index (χ4n) is 0.889. The lowest BCUT2D eigenvalue weighted by Crippen LogP contribution is -2.16. The summed E-state index contributed by atoms with van der Waals surface area (Å²) in [6.07, 6.45) is 0. The van der Waals surface area contributed by atoms with E-state index in [2.05, 4.69) is 11.3 Å². The van der Waals surface area contributed by atoms with Crippen LogP contribution in [0.15, 0.2) is 0 Å². The van der Waals surface area contributed by atoms with E-state index < -0.39 is 0 Å². The molecule has 1 saturated heterocycles. The van der Waals surface area contributed by atoms with Crippen LogP contribution in [0.5, 0.6) is 0 Å². The second-order valence-corrected chi connectivity index (χ2v) is 6.53. The summed E-state index contributed by atoms with van der Waals surface area (Å²) in [6, 6.07) is 0. The van der Waals surface area contributed by atoms with Crippen molar-refractivity contribution in [3.05, 3.63) is 0 Å². The van der Waals surface area contributed by atoms with Crippen molar-refractivity contribution in [3.63, 3.8) is 0 Å². The SMILES string of the molecule is [B]OCC1OCCS1=PC. The Hall–Kier alpha value is 0.635. The van der Waals surface area contributed by atoms with E-state index in [1.54, 1.807) is 0 Å². The summed E-state index contributed by atoms with van der Waals surface area (Å²) < 4.78 is 9.93. The maximum absolute atomic E-state index is 5.40. The summed E-state index contributed by atoms with van der Waals surface area (Å²) >= 11 is 0. The third-order valence-corrected chi connectivity index (χ3v) is 5.96. The molecular weight excluding hydrogens is 166 g/mol. The quantitative estimate of drug-likeness (QED) is 0.451. The molecule has 0 spiro atoms. The summed E-state index contributed by atoms with van der Waals surface area (Å²) in [7, 11) is 6.73. The molecule has 0 aromatic heterocycles. The van der Waals surface area contributed by atoms with Crippen LogP contribution in [0.3, 0.4) is 0 Å². The highest BCUT2D eigenvalue weighted by Gasteiger charge is 2.19. The Morgan fingerprint density at radius 3 is 3.30 bits per heavy atom. The maximum atomic E-state index is 5.40. The van der Waals surface area contributed by atoms with Gasteiger partial charge in [0, 0.05) is 5.75 Å². The Morgan fingerprint density at radius 1 is 1.90 bits per heavy atom. The van der Waals surface area contributed by atoms with Crippen LogP contribution >= 0.6 is 7.36 Å². The van der Waals surface area contributed by atoms with Crippen molar-refractivity contribution in [1.29, 1.82) is 0 Å². The second-order valence-electron chi connectivity index (χ2n) is 1.92. The van der Waals surface area contributed by atoms with E-state index >= 15 is 0 Å². The zero-order valence-electron chi connectivity index (χ0n) is 5.95. The predicted octanol–water partition coefficient (Wildman–Crippen LogP) is 0.552. The standard InChI is InChI=1S/C5H10BO2PS/c1-9-10-3-2-7-5(10)4-8-6/h5H,2-4H2,1H3. The van der Waals surface area contributed by atoms with Gasteiger partial charge in [-0.1, -0.05) is 7.36 Å². The molecule has 2 unspecified atom stereocenters. The second kappa shape index (κ2) is 4.50. The number of rotatable bonds is 2. The monoisotopic (exact) mass is 176 g/mol. The molecule has 2 atom stereocenters. The molecule has 1 aliphatic rings. The fourth-order valence-corrected chi connectivity index (χ4v) is 4.17. The predicted molar refractivity (Wildman–Crippen MR) is 46.5 cm³/mol. The molecule has 1 heterocycles. The summed E-state index contributed by atoms with van der Waals surface area (Å²) in [6.45, 7) is 3.57. The molecule has 1 aliphatic heterocycles. The minimum absolute atomic E-state index is 0.261. The molecule has 2 nitrogen and oxygen atoms in total. The lowest BCUT2D eigenvalue weighted by Gasteiger charge is -2.09. The minimum atomic E-state index is 0.261. The molecule has 0 N–H and O–H groups in total. The normalized spacial score (nSPS) is 33.3. The van der Waals surface area contributed by atoms with E-state index in [1.165, 1.54) is 13.1 Å². The van der Waals surface area contributed by atoms with Crippen molar-refractivity contribution in [2.24, 2.45) is 0 Å². The Balaban J connectivity index is 2.42. The van der Waals surface area contributed by atoms with Gasteiger partial charge < -0.3 is 9.39 Å². The Labute approximate surface area is 66.5 Å². The van der Waals surface area contributed by atoms with Crippen LogP contribution in [0, 0.1) is 0 Å². The van der Waals surface area contributed by atoms with Gasteiger partial charge in [-0.2, -0.15) is 0 Å². The molecule has 5 heteroatoms. The molecule has 0 aromatic carbocycles. The van der Waals surface area contributed by atoms with E-state index in [-0.39, 0.29) is 5.44 Å². The van der Waals surface area contributed by atoms with Crippen LogP contribution in [0.1, 0.15) is 0 Å². The smallest absolute Gasteiger partial charge is 0.282 e. The van der Waals surface area contributed by atoms with Gasteiger partial charge in [-0.25, -0.2) is 0 Å². The van der Waals surface area contributed by atoms with E-state index in [9.17, 15) is 0 Å². The van der Waals surface area contributed by atoms with Crippen LogP contribution in [-0.2, 0) is 19.5 Å². The first-order valence-corrected chi connectivity index (χ1v) is 6.51. The molecule has 0 aromatic rings. The van der Waals surface area contributed by atoms with Crippen molar-refractivity contribution in [2.75, 3.05) is 25.6 Å². The summed E-state index contributed by atoms with van der Waals surface area (Å²) in [5.41, 5.74) is 0.261. The average molecular weight is 176 g/mol. The highest BCUT2D eigenvalue weighted by atomic mass is 32.5. The Morgan fingerprint density at radius 2 is 2.70 bits per heavy atom. The van der Waals surface area contributed by atoms with E-state index in [4.69, 9.17) is 12.8 Å². The number of hydrogen-bond acceptors (Lipinski definition) is 2. The molecular formula is C5H10BO2PS. The molecule has 0 aliphatic carbocycles. The van der Waals surface area contributed by atoms with E-state index in [0.717, 1.165) is 6.61 Å². The summed E-state index contributed by atoms with van der Waals surface area (Å²) in [4.78, 5) is 0. The Bertz CT molecular complexity index is 142. The van der Waals surface area contributed by atoms with Gasteiger partial charge >= 0.3 is 0 Å². The minimum Gasteiger partial charge on any atom is -0.444 e. The highest BCUT2D eigenvalue weighted by molar-refractivity contribution is 8.21. The van der Waals surface area contributed by atoms with E-state index in [1.807, 2.05) is 0 Å². The molecule has 10 heavy (non-hydrogen) atoms. The van der Waals surface area contributed by atoms with Crippen molar-refractivity contribution in [3.8, 4) is 0 Å². The highest BCUT2D eigenvalue weighted by Crippen LogP contribution is 2.16. The summed E-state index contributed by atoms with van der Waals surface area (Å²) in [5.74, 6) is 1.17. The van der Waals surface area contributed by atoms with Crippen LogP contribution < -0.4 is 0 Å². The first-order valence-electron chi connectivity index (χ1n) is 3.11. The molecule has 1 fully saturated rings. The fraction of sp³-hybridized carbons (Fsp3) is 1.00. The molecule has 1 rings (SSSR count). The average Bonchev–Trinajstić information content (AvgIpc) is 2.36. The topological polar surface area (TPSA) is 18.5 Å². The van der Waals surface area contributed by atoms with Crippen molar-refractivity contribution >= 4 is 25.5 Å². The van der Waals surface area contributed by atoms with Crippen LogP contribution in [0.2, 0.25) is 0 Å². The molecule has 0 saturated carbocycles. The lowest BCUT2D eigenvalue weighted by molar-refractivity contribution is 0.104. The number of hydrogen-bond donors (Lipinski definition) is 0. The first-order chi connectivity index (χ1) is 4.88. The molecule has 0 amide bonds. The maximum Gasteiger partial charge on any atom is 0.282 e. The van der Waals surface area contributed by atoms with Crippen LogP contribution in [-0.4, -0.2) is 39.1 Å². The Kier molecular flexibility index (Phi) is 3.93. The van der Waals surface area contributed by atoms with Crippen molar-refractivity contribution in [1.82, 2.24) is 0 Å². The van der Waals surface area contributed by atoms with Crippen molar-refractivity contribution < 1.29 is 9.39 Å². The first kappa shape index (κ1) is 8.73. The van der Waals surface area contributed by atoms with Gasteiger partial charge in [0.15, 0.2) is 0 Å². The largest absolute Gasteiger partial charge is 0.444 e. The lowest BCUT2D eigenvalue weighted by atomic mass is 10.6. The van der Waals surface area contributed by atoms with Gasteiger partial charge in [-0.05, 0) is 6.66 Å². The molecule has 0 bridgehead atoms. The van der Waals surface area contributed by atoms with Gasteiger partial charge in [0.05, 0.1) is 13.2 Å². The van der Waals surface area contributed by atoms with Gasteiger partial charge in [0.25, 0.3) is 8.05 Å². The van der Waals surface area contributed by atoms with E-state index in [0.29, 0.717) is 16.7 Å². The van der Waals surface area contributed by atoms with Gasteiger partial charge in [0.1, 0.15) is 5.44 Å². The number of ether oxygens (including phenoxy) is 1. The van der Waals surface area contributed by atoms with Gasteiger partial charge in [-0.15, -0.1) is 10.1 Å². The zero-order valence-corrected chi connectivity index (χ0v) is 7.66. The molecule has 2 radical (unpaired) electrons. The van der Waals surface area contributed by atoms with Crippen LogP contribution in [0.4, 0.5) is 0 Å². The zero-order chi connectivity index (χ0) is 7.40. The van der Waals surface area contributed by atoms with Gasteiger partial charge in [0.2, 0.25) is 0 Å². The van der Waals surface area contributed by atoms with Crippen molar-refractivity contribution in [2.45, 2.75) is 5.44 Å².